The van der Waals surface area contributed by atoms with E-state index in [0.29, 0.717) is 111 Å². The standard InChI is InChI=1S/C25H31FN2O2.C25H29FN2O2.C24H30FN3O.C24H28FN3O.C24H31N3O/c2*1-3-28(4-2)24(30)17-6-8-20(23(29)13-17)22-16-25(9-11-27-12-10-25)15-18-5-7-19(26)14-21(18)22;2*1-3-28(4-2)23(29)22-8-6-18(16-27-22)21-15-24(9-11-26-12-10-24)14-17-5-7-19(25)13-20(17)21;1-3-27(4-2)23(28)22-10-9-19(17-26-22)21-16-24(11-13-25-14-12-24)15-18-7-5-6-8-20(18)21/h5-8,13-14,22,27,29H,3-4,9-12,15-16H2,1-2H3;5-8,13-14,16,27,29H,3-4,9-12,15H2,1-2H3;5-8,13,16,21,26H,3-4,9-12,14-15H2,1-2H3;5-8,13,15-16,26H,3-4,9-12,14H2,1-2H3;5-10,17,21,25H,3-4,11-16H2,1-2H3. The highest BCUT2D eigenvalue weighted by molar-refractivity contribution is 5.98. The molecule has 0 saturated carbocycles. The van der Waals surface area contributed by atoms with Gasteiger partial charge in [0.1, 0.15) is 51.8 Å². The van der Waals surface area contributed by atoms with Crippen molar-refractivity contribution in [2.45, 2.75) is 203 Å². The SMILES string of the molecule is CCN(CC)C(=O)c1ccc(C2=CC3(CCNCC3)Cc3ccc(F)cc32)c(O)c1.CCN(CC)C(=O)c1ccc(C2=CC3(CCNCC3)Cc3ccc(F)cc32)cn1.CCN(CC)C(=O)c1ccc(C2CC3(CCNCC3)Cc3ccc(F)cc32)c(O)c1.CCN(CC)C(=O)c1ccc(C2CC3(CCNCC3)Cc3ccc(F)cc32)cn1.CCN(CC)C(=O)c1ccc(C2CC3(CCNCC3)Cc3ccccc32)cn1. The minimum absolute atomic E-state index is 0.00750. The molecular formula is C122H149F4N13O7. The first-order valence-electron chi connectivity index (χ1n) is 53.9. The Morgan fingerprint density at radius 3 is 1.03 bits per heavy atom. The fraction of sp³-hybridized carbons (Fsp3) is 0.459. The Morgan fingerprint density at radius 1 is 0.308 bits per heavy atom. The van der Waals surface area contributed by atoms with Gasteiger partial charge in [0.05, 0.1) is 0 Å². The van der Waals surface area contributed by atoms with E-state index in [1.54, 1.807) is 105 Å². The summed E-state index contributed by atoms with van der Waals surface area (Å²) in [5.74, 6) is -0.574. The zero-order valence-electron chi connectivity index (χ0n) is 87.2. The van der Waals surface area contributed by atoms with E-state index < -0.39 is 0 Å². The van der Waals surface area contributed by atoms with Gasteiger partial charge in [-0.25, -0.2) is 17.6 Å². The predicted molar refractivity (Wildman–Crippen MR) is 572 cm³/mol. The van der Waals surface area contributed by atoms with Crippen LogP contribution in [-0.2, 0) is 32.1 Å². The van der Waals surface area contributed by atoms with Crippen molar-refractivity contribution < 1.29 is 51.7 Å². The third-order valence-electron chi connectivity index (χ3n) is 33.5. The van der Waals surface area contributed by atoms with Crippen molar-refractivity contribution in [3.63, 3.8) is 0 Å². The molecule has 5 fully saturated rings. The number of aromatic hydroxyl groups is 2. The van der Waals surface area contributed by atoms with Crippen LogP contribution in [-0.4, -0.2) is 210 Å². The lowest BCUT2D eigenvalue weighted by Crippen LogP contribution is -2.41. The zero-order valence-corrected chi connectivity index (χ0v) is 87.2. The molecule has 7 aromatic carbocycles. The fourth-order valence-electron chi connectivity index (χ4n) is 25.0. The number of carbonyl (C=O) groups is 5. The van der Waals surface area contributed by atoms with Crippen molar-refractivity contribution in [3.05, 3.63) is 336 Å². The summed E-state index contributed by atoms with van der Waals surface area (Å²) in [6.45, 7) is 36.4. The largest absolute Gasteiger partial charge is 0.508 e. The molecule has 5 spiro atoms. The summed E-state index contributed by atoms with van der Waals surface area (Å²) in [5, 5.41) is 39.1. The van der Waals surface area contributed by atoms with Gasteiger partial charge in [-0.3, -0.25) is 38.9 Å². The van der Waals surface area contributed by atoms with Gasteiger partial charge >= 0.3 is 0 Å². The number of rotatable bonds is 20. The minimum Gasteiger partial charge on any atom is -0.508 e. The average Bonchev–Trinajstić information content (AvgIpc) is 0.669. The number of hydrogen-bond donors (Lipinski definition) is 7. The molecule has 0 bridgehead atoms. The molecule has 24 heteroatoms. The number of carbonyl (C=O) groups excluding carboxylic acids is 5. The second-order valence-electron chi connectivity index (χ2n) is 42.0. The number of benzene rings is 7. The van der Waals surface area contributed by atoms with Crippen LogP contribution in [0.3, 0.4) is 0 Å². The van der Waals surface area contributed by atoms with Gasteiger partial charge in [-0.2, -0.15) is 0 Å². The molecule has 5 aliphatic carbocycles. The number of piperidine rings is 5. The highest BCUT2D eigenvalue weighted by Gasteiger charge is 2.46. The van der Waals surface area contributed by atoms with E-state index in [-0.39, 0.29) is 97.8 Å². The van der Waals surface area contributed by atoms with Crippen molar-refractivity contribution in [2.75, 3.05) is 131 Å². The molecule has 3 aromatic heterocycles. The van der Waals surface area contributed by atoms with E-state index in [0.717, 1.165) is 211 Å². The van der Waals surface area contributed by atoms with Crippen LogP contribution in [0.1, 0.15) is 306 Å². The Balaban J connectivity index is 0.000000131. The molecule has 5 amide bonds. The summed E-state index contributed by atoms with van der Waals surface area (Å²) in [6, 6.07) is 51.3. The highest BCUT2D eigenvalue weighted by atomic mass is 19.1. The Hall–Kier alpha value is -12.1. The first-order chi connectivity index (χ1) is 70.7. The molecule has 10 aliphatic rings. The second-order valence-corrected chi connectivity index (χ2v) is 42.0. The number of aromatic nitrogens is 3. The smallest absolute Gasteiger partial charge is 0.272 e. The summed E-state index contributed by atoms with van der Waals surface area (Å²) < 4.78 is 56.4. The quantitative estimate of drug-likeness (QED) is 0.0351. The van der Waals surface area contributed by atoms with Crippen LogP contribution in [0.4, 0.5) is 17.6 Å². The van der Waals surface area contributed by atoms with E-state index >= 15 is 0 Å². The Labute approximate surface area is 861 Å². The summed E-state index contributed by atoms with van der Waals surface area (Å²) in [6.07, 6.45) is 29.3. The van der Waals surface area contributed by atoms with E-state index in [2.05, 4.69) is 84.0 Å². The molecule has 0 radical (unpaired) electrons. The number of halogens is 4. The van der Waals surface area contributed by atoms with Gasteiger partial charge in [0.15, 0.2) is 0 Å². The van der Waals surface area contributed by atoms with E-state index in [4.69, 9.17) is 0 Å². The van der Waals surface area contributed by atoms with E-state index in [1.807, 2.05) is 141 Å². The number of phenols is 2. The number of fused-ring (bicyclic) bond motifs is 5. The third kappa shape index (κ3) is 24.0. The maximum absolute atomic E-state index is 14.1. The molecule has 3 unspecified atom stereocenters. The molecule has 7 N–H and O–H groups in total. The van der Waals surface area contributed by atoms with Gasteiger partial charge < -0.3 is 61.3 Å². The van der Waals surface area contributed by atoms with Crippen LogP contribution in [0.5, 0.6) is 11.5 Å². The summed E-state index contributed by atoms with van der Waals surface area (Å²) in [5.41, 5.74) is 21.4. The lowest BCUT2D eigenvalue weighted by atomic mass is 9.61. The number of pyridine rings is 3. The number of amides is 5. The predicted octanol–water partition coefficient (Wildman–Crippen LogP) is 21.1. The zero-order chi connectivity index (χ0) is 103. The first kappa shape index (κ1) is 107. The fourth-order valence-corrected chi connectivity index (χ4v) is 25.0. The van der Waals surface area contributed by atoms with Gasteiger partial charge in [0.25, 0.3) is 29.5 Å². The normalized spacial score (nSPS) is 19.2. The van der Waals surface area contributed by atoms with E-state index in [9.17, 15) is 51.7 Å². The Morgan fingerprint density at radius 2 is 0.644 bits per heavy atom. The van der Waals surface area contributed by atoms with Crippen molar-refractivity contribution in [3.8, 4) is 11.5 Å². The number of phenolic OH excluding ortho intramolecular Hbond substituents is 2. The van der Waals surface area contributed by atoms with Gasteiger partial charge in [-0.1, -0.05) is 84.9 Å². The van der Waals surface area contributed by atoms with Gasteiger partial charge in [0, 0.05) is 130 Å². The van der Waals surface area contributed by atoms with Gasteiger partial charge in [-0.15, -0.1) is 0 Å². The van der Waals surface area contributed by atoms with E-state index in [1.165, 1.54) is 65.1 Å². The van der Waals surface area contributed by atoms with Crippen molar-refractivity contribution in [1.82, 2.24) is 66.0 Å². The van der Waals surface area contributed by atoms with Crippen molar-refractivity contribution in [2.24, 2.45) is 27.1 Å². The van der Waals surface area contributed by atoms with Gasteiger partial charge in [0.2, 0.25) is 0 Å². The molecule has 772 valence electrons. The topological polar surface area (TPSA) is 241 Å². The van der Waals surface area contributed by atoms with Crippen LogP contribution in [0.15, 0.2) is 201 Å². The van der Waals surface area contributed by atoms with Crippen molar-refractivity contribution >= 4 is 40.7 Å². The highest BCUT2D eigenvalue weighted by Crippen LogP contribution is 2.56. The molecule has 20 rings (SSSR count). The first-order valence-corrected chi connectivity index (χ1v) is 53.9. The number of nitrogens with zero attached hydrogens (tertiary/aromatic N) is 8. The number of allylic oxidation sites excluding steroid dienone is 2. The maximum Gasteiger partial charge on any atom is 0.272 e. The van der Waals surface area contributed by atoms with Gasteiger partial charge in [-0.05, 0) is 452 Å². The molecule has 146 heavy (non-hydrogen) atoms. The Kier molecular flexibility index (Phi) is 35.0. The molecule has 20 nitrogen and oxygen atoms in total. The van der Waals surface area contributed by atoms with Crippen molar-refractivity contribution in [1.29, 1.82) is 0 Å². The van der Waals surface area contributed by atoms with Crippen LogP contribution < -0.4 is 26.6 Å². The molecule has 8 heterocycles. The summed E-state index contributed by atoms with van der Waals surface area (Å²) in [7, 11) is 0. The lowest BCUT2D eigenvalue weighted by Gasteiger charge is -2.45. The second kappa shape index (κ2) is 47.8. The van der Waals surface area contributed by atoms with Crippen LogP contribution in [0, 0.1) is 50.3 Å². The molecule has 5 aliphatic heterocycles. The molecule has 10 aromatic rings. The molecule has 3 atom stereocenters. The van der Waals surface area contributed by atoms with Crippen LogP contribution in [0.2, 0.25) is 0 Å². The maximum atomic E-state index is 14.1. The summed E-state index contributed by atoms with van der Waals surface area (Å²) >= 11 is 0. The average molecular weight is 1990 g/mol. The molecule has 5 saturated heterocycles. The number of nitrogens with one attached hydrogen (secondary N) is 5. The summed E-state index contributed by atoms with van der Waals surface area (Å²) in [4.78, 5) is 85.5. The Bertz CT molecular complexity index is 6300. The number of hydrogen-bond acceptors (Lipinski definition) is 15. The molecular weight excluding hydrogens is 1840 g/mol. The van der Waals surface area contributed by atoms with Crippen LogP contribution in [0.25, 0.3) is 11.1 Å². The minimum atomic E-state index is -0.284. The third-order valence-corrected chi connectivity index (χ3v) is 33.5. The van der Waals surface area contributed by atoms with Crippen LogP contribution >= 0.6 is 0 Å². The monoisotopic (exact) mass is 1980 g/mol. The lowest BCUT2D eigenvalue weighted by molar-refractivity contribution is 0.0759.